The number of rotatable bonds is 0. The maximum absolute atomic E-state index is 12.3. The van der Waals surface area contributed by atoms with E-state index in [-0.39, 0.29) is 5.56 Å². The van der Waals surface area contributed by atoms with Gasteiger partial charge in [-0.05, 0) is 0 Å². The van der Waals surface area contributed by atoms with Gasteiger partial charge in [0.15, 0.2) is 5.65 Å². The Morgan fingerprint density at radius 3 is 2.73 bits per heavy atom. The maximum atomic E-state index is 12.3. The standard InChI is InChI=1S/C7H2F3N5/c8-7(9,10)5-6-12-2-4(1-11)3-15(6)14-13-5/h2-3H. The van der Waals surface area contributed by atoms with E-state index >= 15 is 0 Å². The third kappa shape index (κ3) is 1.48. The molecule has 0 aliphatic rings. The van der Waals surface area contributed by atoms with E-state index in [1.165, 1.54) is 0 Å². The van der Waals surface area contributed by atoms with Gasteiger partial charge >= 0.3 is 6.18 Å². The highest BCUT2D eigenvalue weighted by atomic mass is 19.4. The van der Waals surface area contributed by atoms with Gasteiger partial charge in [0.05, 0.1) is 11.8 Å². The Kier molecular flexibility index (Phi) is 1.82. The smallest absolute Gasteiger partial charge is 0.234 e. The van der Waals surface area contributed by atoms with Crippen molar-refractivity contribution in [3.63, 3.8) is 0 Å². The molecule has 0 amide bonds. The van der Waals surface area contributed by atoms with Gasteiger partial charge in [-0.1, -0.05) is 5.21 Å². The van der Waals surface area contributed by atoms with Crippen molar-refractivity contribution >= 4 is 5.65 Å². The SMILES string of the molecule is N#Cc1cnc2c(C(F)(F)F)nnn2c1. The van der Waals surface area contributed by atoms with Crippen LogP contribution in [0.1, 0.15) is 11.3 Å². The molecule has 0 bridgehead atoms. The van der Waals surface area contributed by atoms with Crippen LogP contribution in [-0.2, 0) is 6.18 Å². The Morgan fingerprint density at radius 2 is 2.13 bits per heavy atom. The summed E-state index contributed by atoms with van der Waals surface area (Å²) in [6.45, 7) is 0. The van der Waals surface area contributed by atoms with Gasteiger partial charge in [-0.3, -0.25) is 0 Å². The molecular weight excluding hydrogens is 211 g/mol. The van der Waals surface area contributed by atoms with Crippen molar-refractivity contribution in [2.75, 3.05) is 0 Å². The van der Waals surface area contributed by atoms with Crippen LogP contribution in [0.5, 0.6) is 0 Å². The highest BCUT2D eigenvalue weighted by molar-refractivity contribution is 5.45. The molecule has 2 heterocycles. The van der Waals surface area contributed by atoms with Crippen LogP contribution >= 0.6 is 0 Å². The van der Waals surface area contributed by atoms with Crippen molar-refractivity contribution < 1.29 is 13.2 Å². The molecule has 0 aliphatic carbocycles. The third-order valence-corrected chi connectivity index (χ3v) is 1.65. The van der Waals surface area contributed by atoms with Gasteiger partial charge in [0, 0.05) is 6.20 Å². The van der Waals surface area contributed by atoms with Crippen molar-refractivity contribution in [1.29, 1.82) is 5.26 Å². The fourth-order valence-corrected chi connectivity index (χ4v) is 1.03. The highest BCUT2D eigenvalue weighted by Gasteiger charge is 2.37. The molecule has 5 nitrogen and oxygen atoms in total. The van der Waals surface area contributed by atoms with E-state index in [1.807, 2.05) is 0 Å². The average Bonchev–Trinajstić information content (AvgIpc) is 2.59. The predicted molar refractivity (Wildman–Crippen MR) is 40.5 cm³/mol. The molecule has 0 saturated heterocycles. The number of nitriles is 1. The number of aromatic nitrogens is 4. The van der Waals surface area contributed by atoms with Crippen LogP contribution in [0, 0.1) is 11.3 Å². The van der Waals surface area contributed by atoms with Crippen LogP contribution in [0.2, 0.25) is 0 Å². The normalized spacial score (nSPS) is 11.6. The van der Waals surface area contributed by atoms with Crippen molar-refractivity contribution in [3.8, 4) is 6.07 Å². The van der Waals surface area contributed by atoms with Crippen LogP contribution < -0.4 is 0 Å². The van der Waals surface area contributed by atoms with Crippen LogP contribution in [-0.4, -0.2) is 19.8 Å². The summed E-state index contributed by atoms with van der Waals surface area (Å²) in [5.41, 5.74) is -1.46. The first-order chi connectivity index (χ1) is 7.02. The lowest BCUT2D eigenvalue weighted by Gasteiger charge is -2.00. The molecular formula is C7H2F3N5. The summed E-state index contributed by atoms with van der Waals surface area (Å²) >= 11 is 0. The zero-order valence-electron chi connectivity index (χ0n) is 7.02. The lowest BCUT2D eigenvalue weighted by atomic mass is 10.3. The average molecular weight is 213 g/mol. The minimum Gasteiger partial charge on any atom is -0.234 e. The second kappa shape index (κ2) is 2.91. The zero-order valence-corrected chi connectivity index (χ0v) is 7.02. The number of halogens is 3. The van der Waals surface area contributed by atoms with Gasteiger partial charge < -0.3 is 0 Å². The number of nitrogens with zero attached hydrogens (tertiary/aromatic N) is 5. The van der Waals surface area contributed by atoms with E-state index in [2.05, 4.69) is 15.3 Å². The van der Waals surface area contributed by atoms with Crippen molar-refractivity contribution in [2.45, 2.75) is 6.18 Å². The summed E-state index contributed by atoms with van der Waals surface area (Å²) in [5, 5.41) is 14.7. The molecule has 0 fully saturated rings. The van der Waals surface area contributed by atoms with Crippen LogP contribution in [0.25, 0.3) is 5.65 Å². The molecule has 0 spiro atoms. The van der Waals surface area contributed by atoms with Gasteiger partial charge in [-0.15, -0.1) is 5.10 Å². The van der Waals surface area contributed by atoms with Gasteiger partial charge in [0.2, 0.25) is 5.69 Å². The van der Waals surface area contributed by atoms with E-state index in [9.17, 15) is 13.2 Å². The van der Waals surface area contributed by atoms with Crippen LogP contribution in [0.3, 0.4) is 0 Å². The van der Waals surface area contributed by atoms with Gasteiger partial charge in [0.1, 0.15) is 6.07 Å². The molecule has 0 atom stereocenters. The molecule has 0 N–H and O–H groups in total. The Bertz CT molecular complexity index is 550. The monoisotopic (exact) mass is 213 g/mol. The molecule has 0 saturated carbocycles. The lowest BCUT2D eigenvalue weighted by molar-refractivity contribution is -0.140. The molecule has 2 rings (SSSR count). The van der Waals surface area contributed by atoms with E-state index < -0.39 is 17.5 Å². The first-order valence-corrected chi connectivity index (χ1v) is 3.71. The van der Waals surface area contributed by atoms with Crippen LogP contribution in [0.4, 0.5) is 13.2 Å². The zero-order chi connectivity index (χ0) is 11.1. The maximum Gasteiger partial charge on any atom is 0.439 e. The summed E-state index contributed by atoms with van der Waals surface area (Å²) < 4.78 is 37.8. The Hall–Kier alpha value is -2.17. The predicted octanol–water partition coefficient (Wildman–Crippen LogP) is 1.01. The molecule has 0 aromatic carbocycles. The molecule has 8 heteroatoms. The number of alkyl halides is 3. The van der Waals surface area contributed by atoms with Gasteiger partial charge in [-0.2, -0.15) is 18.4 Å². The van der Waals surface area contributed by atoms with Gasteiger partial charge in [0.25, 0.3) is 0 Å². The molecule has 76 valence electrons. The summed E-state index contributed by atoms with van der Waals surface area (Å²) in [7, 11) is 0. The number of fused-ring (bicyclic) bond motifs is 1. The molecule has 15 heavy (non-hydrogen) atoms. The van der Waals surface area contributed by atoms with Crippen molar-refractivity contribution in [1.82, 2.24) is 19.8 Å². The molecule has 0 aliphatic heterocycles. The van der Waals surface area contributed by atoms with E-state index in [0.717, 1.165) is 16.9 Å². The minimum absolute atomic E-state index is 0.112. The molecule has 0 radical (unpaired) electrons. The Balaban J connectivity index is 2.69. The van der Waals surface area contributed by atoms with E-state index in [0.29, 0.717) is 0 Å². The fourth-order valence-electron chi connectivity index (χ4n) is 1.03. The number of hydrogen-bond donors (Lipinski definition) is 0. The summed E-state index contributed by atoms with van der Waals surface area (Å²) in [6.07, 6.45) is -2.43. The summed E-state index contributed by atoms with van der Waals surface area (Å²) in [6, 6.07) is 1.73. The second-order valence-corrected chi connectivity index (χ2v) is 2.66. The highest BCUT2D eigenvalue weighted by Crippen LogP contribution is 2.29. The topological polar surface area (TPSA) is 66.9 Å². The first kappa shape index (κ1) is 9.39. The van der Waals surface area contributed by atoms with Crippen molar-refractivity contribution in [3.05, 3.63) is 23.7 Å². The first-order valence-electron chi connectivity index (χ1n) is 3.71. The number of hydrogen-bond acceptors (Lipinski definition) is 4. The van der Waals surface area contributed by atoms with Crippen molar-refractivity contribution in [2.24, 2.45) is 0 Å². The summed E-state index contributed by atoms with van der Waals surface area (Å²) in [5.74, 6) is 0. The molecule has 0 unspecified atom stereocenters. The Morgan fingerprint density at radius 1 is 1.40 bits per heavy atom. The van der Waals surface area contributed by atoms with Crippen LogP contribution in [0.15, 0.2) is 12.4 Å². The van der Waals surface area contributed by atoms with E-state index in [4.69, 9.17) is 5.26 Å². The van der Waals surface area contributed by atoms with E-state index in [1.54, 1.807) is 6.07 Å². The molecule has 2 aromatic heterocycles. The Labute approximate surface area is 80.8 Å². The summed E-state index contributed by atoms with van der Waals surface area (Å²) in [4.78, 5) is 3.47. The quantitative estimate of drug-likeness (QED) is 0.655. The molecule has 2 aromatic rings. The third-order valence-electron chi connectivity index (χ3n) is 1.65. The lowest BCUT2D eigenvalue weighted by Crippen LogP contribution is -2.07. The second-order valence-electron chi connectivity index (χ2n) is 2.66. The van der Waals surface area contributed by atoms with Gasteiger partial charge in [-0.25, -0.2) is 9.50 Å². The fraction of sp³-hybridized carbons (Fsp3) is 0.143. The minimum atomic E-state index is -4.59. The largest absolute Gasteiger partial charge is 0.439 e.